The summed E-state index contributed by atoms with van der Waals surface area (Å²) in [6.45, 7) is 5.93. The molecule has 0 aliphatic carbocycles. The van der Waals surface area contributed by atoms with E-state index in [1.165, 1.54) is 0 Å². The zero-order valence-corrected chi connectivity index (χ0v) is 12.1. The van der Waals surface area contributed by atoms with Crippen molar-refractivity contribution in [1.29, 1.82) is 0 Å². The summed E-state index contributed by atoms with van der Waals surface area (Å²) in [5.74, 6) is 0.785. The van der Waals surface area contributed by atoms with Crippen LogP contribution >= 0.6 is 15.9 Å². The molecule has 0 aliphatic rings. The summed E-state index contributed by atoms with van der Waals surface area (Å²) in [7, 11) is 0. The van der Waals surface area contributed by atoms with Crippen LogP contribution in [0.1, 0.15) is 38.8 Å². The molecule has 0 aromatic heterocycles. The third kappa shape index (κ3) is 5.06. The second-order valence-corrected chi connectivity index (χ2v) is 5.80. The summed E-state index contributed by atoms with van der Waals surface area (Å²) in [4.78, 5) is 0. The number of ether oxygens (including phenoxy) is 1. The maximum Gasteiger partial charge on any atom is 0.124 e. The number of nitrogens with two attached hydrogens (primary N) is 1. The number of rotatable bonds is 5. The van der Waals surface area contributed by atoms with E-state index in [1.54, 1.807) is 13.8 Å². The summed E-state index contributed by atoms with van der Waals surface area (Å²) in [5, 5.41) is 9.61. The van der Waals surface area contributed by atoms with Crippen LogP contribution in [-0.2, 0) is 0 Å². The molecule has 1 rings (SSSR count). The lowest BCUT2D eigenvalue weighted by Gasteiger charge is -2.19. The molecule has 4 heteroatoms. The van der Waals surface area contributed by atoms with Crippen molar-refractivity contribution in [2.75, 3.05) is 6.61 Å². The van der Waals surface area contributed by atoms with Crippen LogP contribution in [0.15, 0.2) is 22.7 Å². The fourth-order valence-corrected chi connectivity index (χ4v) is 1.80. The topological polar surface area (TPSA) is 55.5 Å². The van der Waals surface area contributed by atoms with Crippen LogP contribution < -0.4 is 10.5 Å². The predicted octanol–water partition coefficient (Wildman–Crippen LogP) is 3.01. The first-order chi connectivity index (χ1) is 7.79. The number of hydrogen-bond donors (Lipinski definition) is 2. The Kier molecular flexibility index (Phi) is 4.98. The van der Waals surface area contributed by atoms with Gasteiger partial charge in [0.2, 0.25) is 0 Å². The van der Waals surface area contributed by atoms with Gasteiger partial charge in [-0.05, 0) is 39.0 Å². The van der Waals surface area contributed by atoms with Gasteiger partial charge in [-0.15, -0.1) is 0 Å². The van der Waals surface area contributed by atoms with Crippen LogP contribution in [-0.4, -0.2) is 17.3 Å². The van der Waals surface area contributed by atoms with E-state index in [-0.39, 0.29) is 6.04 Å². The molecule has 0 bridgehead atoms. The highest BCUT2D eigenvalue weighted by Crippen LogP contribution is 2.27. The average Bonchev–Trinajstić information content (AvgIpc) is 2.18. The Morgan fingerprint density at radius 2 is 2.12 bits per heavy atom. The number of hydrogen-bond acceptors (Lipinski definition) is 3. The fourth-order valence-electron chi connectivity index (χ4n) is 1.42. The summed E-state index contributed by atoms with van der Waals surface area (Å²) >= 11 is 3.41. The lowest BCUT2D eigenvalue weighted by molar-refractivity contribution is 0.0551. The Morgan fingerprint density at radius 3 is 2.65 bits per heavy atom. The molecule has 17 heavy (non-hydrogen) atoms. The maximum absolute atomic E-state index is 9.61. The summed E-state index contributed by atoms with van der Waals surface area (Å²) in [6.07, 6.45) is 0.585. The van der Waals surface area contributed by atoms with Gasteiger partial charge >= 0.3 is 0 Å². The minimum atomic E-state index is -0.705. The van der Waals surface area contributed by atoms with Crippen molar-refractivity contribution in [3.63, 3.8) is 0 Å². The minimum Gasteiger partial charge on any atom is -0.493 e. The van der Waals surface area contributed by atoms with Crippen molar-refractivity contribution in [2.45, 2.75) is 38.8 Å². The molecular weight excluding hydrogens is 282 g/mol. The number of benzene rings is 1. The molecule has 1 aromatic rings. The molecule has 0 heterocycles. The van der Waals surface area contributed by atoms with Gasteiger partial charge in [-0.2, -0.15) is 0 Å². The van der Waals surface area contributed by atoms with E-state index >= 15 is 0 Å². The first-order valence-electron chi connectivity index (χ1n) is 5.70. The van der Waals surface area contributed by atoms with E-state index in [1.807, 2.05) is 25.1 Å². The highest BCUT2D eigenvalue weighted by Gasteiger charge is 2.14. The van der Waals surface area contributed by atoms with Crippen molar-refractivity contribution in [3.05, 3.63) is 28.2 Å². The van der Waals surface area contributed by atoms with Gasteiger partial charge in [0, 0.05) is 22.5 Å². The molecule has 1 unspecified atom stereocenters. The summed E-state index contributed by atoms with van der Waals surface area (Å²) in [6, 6.07) is 5.70. The van der Waals surface area contributed by atoms with E-state index in [9.17, 15) is 5.11 Å². The smallest absolute Gasteiger partial charge is 0.124 e. The Labute approximate surface area is 111 Å². The normalized spacial score (nSPS) is 13.5. The molecule has 0 spiro atoms. The molecule has 0 saturated heterocycles. The second-order valence-electron chi connectivity index (χ2n) is 4.88. The maximum atomic E-state index is 9.61. The predicted molar refractivity (Wildman–Crippen MR) is 73.2 cm³/mol. The first kappa shape index (κ1) is 14.5. The van der Waals surface area contributed by atoms with Crippen molar-refractivity contribution < 1.29 is 9.84 Å². The third-order valence-electron chi connectivity index (χ3n) is 2.43. The van der Waals surface area contributed by atoms with E-state index in [2.05, 4.69) is 15.9 Å². The lowest BCUT2D eigenvalue weighted by Crippen LogP contribution is -2.22. The largest absolute Gasteiger partial charge is 0.493 e. The third-order valence-corrected chi connectivity index (χ3v) is 2.93. The van der Waals surface area contributed by atoms with Crippen LogP contribution in [0, 0.1) is 0 Å². The van der Waals surface area contributed by atoms with E-state index < -0.39 is 5.60 Å². The molecule has 1 aromatic carbocycles. The number of aliphatic hydroxyl groups is 1. The molecule has 0 aliphatic heterocycles. The molecule has 0 fully saturated rings. The summed E-state index contributed by atoms with van der Waals surface area (Å²) < 4.78 is 6.65. The van der Waals surface area contributed by atoms with Crippen molar-refractivity contribution >= 4 is 15.9 Å². The van der Waals surface area contributed by atoms with E-state index in [0.29, 0.717) is 13.0 Å². The molecular formula is C13H20BrNO2. The Bertz CT molecular complexity index is 372. The van der Waals surface area contributed by atoms with Gasteiger partial charge in [-0.25, -0.2) is 0 Å². The van der Waals surface area contributed by atoms with E-state index in [4.69, 9.17) is 10.5 Å². The minimum absolute atomic E-state index is 0.0790. The molecule has 3 N–H and O–H groups in total. The monoisotopic (exact) mass is 301 g/mol. The highest BCUT2D eigenvalue weighted by molar-refractivity contribution is 9.10. The molecule has 0 radical (unpaired) electrons. The second kappa shape index (κ2) is 5.85. The number of halogens is 1. The Balaban J connectivity index is 2.70. The average molecular weight is 302 g/mol. The quantitative estimate of drug-likeness (QED) is 0.879. The molecule has 1 atom stereocenters. The van der Waals surface area contributed by atoms with Gasteiger partial charge in [-0.3, -0.25) is 0 Å². The highest BCUT2D eigenvalue weighted by atomic mass is 79.9. The molecule has 3 nitrogen and oxygen atoms in total. The summed E-state index contributed by atoms with van der Waals surface area (Å²) in [5.41, 5.74) is 6.15. The van der Waals surface area contributed by atoms with Crippen molar-refractivity contribution in [1.82, 2.24) is 0 Å². The van der Waals surface area contributed by atoms with Crippen molar-refractivity contribution in [3.8, 4) is 5.75 Å². The van der Waals surface area contributed by atoms with Gasteiger partial charge in [-0.1, -0.05) is 15.9 Å². The zero-order valence-electron chi connectivity index (χ0n) is 10.5. The van der Waals surface area contributed by atoms with Crippen LogP contribution in [0.2, 0.25) is 0 Å². The van der Waals surface area contributed by atoms with Gasteiger partial charge in [0.25, 0.3) is 0 Å². The van der Waals surface area contributed by atoms with Crippen molar-refractivity contribution in [2.24, 2.45) is 5.73 Å². The first-order valence-corrected chi connectivity index (χ1v) is 6.49. The van der Waals surface area contributed by atoms with E-state index in [0.717, 1.165) is 15.8 Å². The Morgan fingerprint density at radius 1 is 1.47 bits per heavy atom. The lowest BCUT2D eigenvalue weighted by atomic mass is 10.1. The Hall–Kier alpha value is -0.580. The molecule has 0 amide bonds. The molecule has 96 valence electrons. The zero-order chi connectivity index (χ0) is 13.1. The van der Waals surface area contributed by atoms with Crippen LogP contribution in [0.3, 0.4) is 0 Å². The fraction of sp³-hybridized carbons (Fsp3) is 0.538. The van der Waals surface area contributed by atoms with Gasteiger partial charge in [0.15, 0.2) is 0 Å². The van der Waals surface area contributed by atoms with Crippen LogP contribution in [0.25, 0.3) is 0 Å². The van der Waals surface area contributed by atoms with Gasteiger partial charge in [0.05, 0.1) is 12.2 Å². The standard InChI is InChI=1S/C13H20BrNO2/c1-9(15)11-8-10(14)4-5-12(11)17-7-6-13(2,3)16/h4-5,8-9,16H,6-7,15H2,1-3H3. The SMILES string of the molecule is CC(N)c1cc(Br)ccc1OCCC(C)(C)O. The molecule has 0 saturated carbocycles. The van der Waals surface area contributed by atoms with Gasteiger partial charge in [0.1, 0.15) is 5.75 Å². The van der Waals surface area contributed by atoms with Crippen LogP contribution in [0.5, 0.6) is 5.75 Å². The van der Waals surface area contributed by atoms with Crippen LogP contribution in [0.4, 0.5) is 0 Å². The van der Waals surface area contributed by atoms with Gasteiger partial charge < -0.3 is 15.6 Å².